The quantitative estimate of drug-likeness (QED) is 0.870. The Bertz CT molecular complexity index is 392. The van der Waals surface area contributed by atoms with E-state index in [1.165, 1.54) is 0 Å². The summed E-state index contributed by atoms with van der Waals surface area (Å²) >= 11 is 0. The molecule has 0 amide bonds. The molecule has 5 nitrogen and oxygen atoms in total. The van der Waals surface area contributed by atoms with Crippen LogP contribution in [0, 0.1) is 5.92 Å². The number of methoxy groups -OCH3 is 1. The van der Waals surface area contributed by atoms with Gasteiger partial charge in [-0.05, 0) is 19.8 Å². The second-order valence-electron chi connectivity index (χ2n) is 4.79. The summed E-state index contributed by atoms with van der Waals surface area (Å²) in [7, 11) is 1.61. The smallest absolute Gasteiger partial charge is 0.162 e. The first kappa shape index (κ1) is 13.4. The van der Waals surface area contributed by atoms with Crippen LogP contribution in [-0.4, -0.2) is 34.7 Å². The van der Waals surface area contributed by atoms with Crippen LogP contribution in [0.3, 0.4) is 0 Å². The van der Waals surface area contributed by atoms with Gasteiger partial charge in [0.05, 0.1) is 19.4 Å². The maximum Gasteiger partial charge on any atom is 0.162 e. The number of rotatable bonds is 5. The zero-order valence-electron chi connectivity index (χ0n) is 11.3. The highest BCUT2D eigenvalue weighted by Crippen LogP contribution is 2.37. The zero-order valence-corrected chi connectivity index (χ0v) is 11.3. The fraction of sp³-hybridized carbons (Fsp3) is 0.769. The lowest BCUT2D eigenvalue weighted by atomic mass is 9.93. The van der Waals surface area contributed by atoms with E-state index in [0.717, 1.165) is 25.1 Å². The van der Waals surface area contributed by atoms with Gasteiger partial charge in [0.2, 0.25) is 0 Å². The number of hydrogen-bond acceptors (Lipinski definition) is 4. The van der Waals surface area contributed by atoms with E-state index in [1.54, 1.807) is 13.3 Å². The van der Waals surface area contributed by atoms with Gasteiger partial charge in [-0.2, -0.15) is 5.10 Å². The molecule has 2 heterocycles. The molecule has 1 aliphatic rings. The third kappa shape index (κ3) is 2.37. The van der Waals surface area contributed by atoms with Gasteiger partial charge in [-0.15, -0.1) is 0 Å². The highest BCUT2D eigenvalue weighted by molar-refractivity contribution is 5.28. The van der Waals surface area contributed by atoms with Crippen molar-refractivity contribution >= 4 is 0 Å². The lowest BCUT2D eigenvalue weighted by molar-refractivity contribution is 0.0374. The standard InChI is InChI=1S/C13H22N2O3/c1-4-6-15-12(11(17-3)8-14-15)13(16)10-5-7-18-9(10)2/h8-10,13,16H,4-7H2,1-3H3. The van der Waals surface area contributed by atoms with Crippen molar-refractivity contribution in [1.29, 1.82) is 0 Å². The van der Waals surface area contributed by atoms with Crippen LogP contribution in [0.1, 0.15) is 38.5 Å². The van der Waals surface area contributed by atoms with Gasteiger partial charge in [0.1, 0.15) is 11.8 Å². The monoisotopic (exact) mass is 254 g/mol. The second-order valence-corrected chi connectivity index (χ2v) is 4.79. The van der Waals surface area contributed by atoms with E-state index in [9.17, 15) is 5.11 Å². The summed E-state index contributed by atoms with van der Waals surface area (Å²) in [6.07, 6.45) is 3.03. The molecular weight excluding hydrogens is 232 g/mol. The first-order chi connectivity index (χ1) is 8.69. The number of aliphatic hydroxyl groups is 1. The van der Waals surface area contributed by atoms with Gasteiger partial charge in [-0.25, -0.2) is 0 Å². The summed E-state index contributed by atoms with van der Waals surface area (Å²) in [6, 6.07) is 0. The predicted octanol–water partition coefficient (Wildman–Crippen LogP) is 1.76. The molecule has 18 heavy (non-hydrogen) atoms. The second kappa shape index (κ2) is 5.71. The van der Waals surface area contributed by atoms with Crippen LogP contribution in [0.4, 0.5) is 0 Å². The first-order valence-corrected chi connectivity index (χ1v) is 6.58. The van der Waals surface area contributed by atoms with Crippen molar-refractivity contribution in [3.05, 3.63) is 11.9 Å². The van der Waals surface area contributed by atoms with Crippen LogP contribution in [0.5, 0.6) is 5.75 Å². The average molecular weight is 254 g/mol. The van der Waals surface area contributed by atoms with Crippen molar-refractivity contribution in [2.45, 2.75) is 45.4 Å². The van der Waals surface area contributed by atoms with Gasteiger partial charge in [0.15, 0.2) is 5.75 Å². The largest absolute Gasteiger partial charge is 0.493 e. The molecule has 2 rings (SSSR count). The molecule has 1 aliphatic heterocycles. The summed E-state index contributed by atoms with van der Waals surface area (Å²) < 4.78 is 12.7. The van der Waals surface area contributed by atoms with E-state index in [2.05, 4.69) is 12.0 Å². The van der Waals surface area contributed by atoms with Gasteiger partial charge in [-0.3, -0.25) is 4.68 Å². The number of nitrogens with zero attached hydrogens (tertiary/aromatic N) is 2. The van der Waals surface area contributed by atoms with Crippen molar-refractivity contribution < 1.29 is 14.6 Å². The molecule has 3 atom stereocenters. The molecule has 5 heteroatoms. The van der Waals surface area contributed by atoms with Crippen molar-refractivity contribution in [3.8, 4) is 5.75 Å². The number of aliphatic hydroxyl groups excluding tert-OH is 1. The Morgan fingerprint density at radius 3 is 3.00 bits per heavy atom. The minimum absolute atomic E-state index is 0.0784. The summed E-state index contributed by atoms with van der Waals surface area (Å²) in [5.74, 6) is 0.779. The molecule has 0 aliphatic carbocycles. The number of aromatic nitrogens is 2. The normalized spacial score (nSPS) is 25.3. The van der Waals surface area contributed by atoms with Crippen LogP contribution in [0.25, 0.3) is 0 Å². The molecule has 1 fully saturated rings. The maximum atomic E-state index is 10.6. The first-order valence-electron chi connectivity index (χ1n) is 6.58. The summed E-state index contributed by atoms with van der Waals surface area (Å²) in [5, 5.41) is 14.9. The third-order valence-corrected chi connectivity index (χ3v) is 3.62. The van der Waals surface area contributed by atoms with E-state index >= 15 is 0 Å². The SMILES string of the molecule is CCCn1ncc(OC)c1C(O)C1CCOC1C. The van der Waals surface area contributed by atoms with Gasteiger partial charge in [-0.1, -0.05) is 6.92 Å². The number of aryl methyl sites for hydroxylation is 1. The zero-order chi connectivity index (χ0) is 13.1. The Labute approximate surface area is 108 Å². The van der Waals surface area contributed by atoms with Crippen molar-refractivity contribution in [2.24, 2.45) is 5.92 Å². The fourth-order valence-electron chi connectivity index (χ4n) is 2.59. The molecular formula is C13H22N2O3. The molecule has 0 radical (unpaired) electrons. The van der Waals surface area contributed by atoms with Gasteiger partial charge in [0, 0.05) is 19.1 Å². The van der Waals surface area contributed by atoms with Crippen LogP contribution in [0.2, 0.25) is 0 Å². The lowest BCUT2D eigenvalue weighted by Crippen LogP contribution is -2.23. The number of hydrogen-bond donors (Lipinski definition) is 1. The Morgan fingerprint density at radius 2 is 2.44 bits per heavy atom. The highest BCUT2D eigenvalue weighted by Gasteiger charge is 2.35. The van der Waals surface area contributed by atoms with Gasteiger partial charge >= 0.3 is 0 Å². The fourth-order valence-corrected chi connectivity index (χ4v) is 2.59. The predicted molar refractivity (Wildman–Crippen MR) is 67.6 cm³/mol. The summed E-state index contributed by atoms with van der Waals surface area (Å²) in [6.45, 7) is 5.60. The van der Waals surface area contributed by atoms with Crippen LogP contribution in [-0.2, 0) is 11.3 Å². The molecule has 1 saturated heterocycles. The van der Waals surface area contributed by atoms with E-state index in [0.29, 0.717) is 12.4 Å². The Kier molecular flexibility index (Phi) is 4.24. The van der Waals surface area contributed by atoms with Gasteiger partial charge < -0.3 is 14.6 Å². The molecule has 0 aromatic carbocycles. The third-order valence-electron chi connectivity index (χ3n) is 3.62. The van der Waals surface area contributed by atoms with Crippen LogP contribution < -0.4 is 4.74 Å². The summed E-state index contributed by atoms with van der Waals surface area (Å²) in [4.78, 5) is 0. The minimum Gasteiger partial charge on any atom is -0.493 e. The minimum atomic E-state index is -0.577. The molecule has 102 valence electrons. The van der Waals surface area contributed by atoms with Crippen molar-refractivity contribution in [3.63, 3.8) is 0 Å². The van der Waals surface area contributed by atoms with Crippen molar-refractivity contribution in [1.82, 2.24) is 9.78 Å². The summed E-state index contributed by atoms with van der Waals surface area (Å²) in [5.41, 5.74) is 0.779. The van der Waals surface area contributed by atoms with Crippen LogP contribution in [0.15, 0.2) is 6.20 Å². The molecule has 0 bridgehead atoms. The van der Waals surface area contributed by atoms with E-state index in [4.69, 9.17) is 9.47 Å². The highest BCUT2D eigenvalue weighted by atomic mass is 16.5. The Hall–Kier alpha value is -1.07. The van der Waals surface area contributed by atoms with Crippen LogP contribution >= 0.6 is 0 Å². The molecule has 1 aromatic rings. The van der Waals surface area contributed by atoms with Crippen molar-refractivity contribution in [2.75, 3.05) is 13.7 Å². The lowest BCUT2D eigenvalue weighted by Gasteiger charge is -2.22. The number of ether oxygens (including phenoxy) is 2. The molecule has 1 N–H and O–H groups in total. The molecule has 3 unspecified atom stereocenters. The van der Waals surface area contributed by atoms with E-state index in [1.807, 2.05) is 11.6 Å². The topological polar surface area (TPSA) is 56.5 Å². The average Bonchev–Trinajstić information content (AvgIpc) is 2.95. The molecule has 0 spiro atoms. The van der Waals surface area contributed by atoms with E-state index in [-0.39, 0.29) is 12.0 Å². The van der Waals surface area contributed by atoms with E-state index < -0.39 is 6.10 Å². The Balaban J connectivity index is 2.26. The molecule has 0 saturated carbocycles. The Morgan fingerprint density at radius 1 is 1.67 bits per heavy atom. The maximum absolute atomic E-state index is 10.6. The molecule has 1 aromatic heterocycles. The van der Waals surface area contributed by atoms with Gasteiger partial charge in [0.25, 0.3) is 0 Å².